The second-order valence-corrected chi connectivity index (χ2v) is 10.7. The number of nitrogens with one attached hydrogen (secondary N) is 1. The summed E-state index contributed by atoms with van der Waals surface area (Å²) in [6, 6.07) is 3.12. The number of carbonyl (C=O) groups is 3. The molecule has 9 nitrogen and oxygen atoms in total. The van der Waals surface area contributed by atoms with Crippen LogP contribution in [-0.2, 0) is 25.5 Å². The van der Waals surface area contributed by atoms with Gasteiger partial charge in [-0.1, -0.05) is 27.7 Å². The standard InChI is InChI=1S/C28H40N2O7/c1-16(2)11-19-15-30-10-9-18-12-23(35-5)24(36-6)13-20(18)21(30)14-22(19)37-26(32)8-7-25(31)29-27(17(3)4)28(33)34/h7-8,12-13,16-17,19,21-22,27H,9-11,14-15H2,1-6H3,(H,29,31)(H,33,34)/b8-7-/t19-,21-,22-,27+/m1/s1. The van der Waals surface area contributed by atoms with Gasteiger partial charge in [-0.15, -0.1) is 0 Å². The van der Waals surface area contributed by atoms with Crippen LogP contribution >= 0.6 is 0 Å². The van der Waals surface area contributed by atoms with Gasteiger partial charge in [0.2, 0.25) is 5.91 Å². The molecule has 0 saturated carbocycles. The lowest BCUT2D eigenvalue weighted by Crippen LogP contribution is -2.49. The Morgan fingerprint density at radius 2 is 1.78 bits per heavy atom. The average molecular weight is 517 g/mol. The third-order valence-corrected chi connectivity index (χ3v) is 7.21. The molecule has 0 bridgehead atoms. The molecule has 1 amide bonds. The maximum atomic E-state index is 12.7. The van der Waals surface area contributed by atoms with E-state index >= 15 is 0 Å². The van der Waals surface area contributed by atoms with Gasteiger partial charge < -0.3 is 24.6 Å². The highest BCUT2D eigenvalue weighted by Gasteiger charge is 2.41. The molecule has 4 atom stereocenters. The number of rotatable bonds is 10. The van der Waals surface area contributed by atoms with Crippen molar-refractivity contribution in [3.8, 4) is 11.5 Å². The van der Waals surface area contributed by atoms with Crippen LogP contribution < -0.4 is 14.8 Å². The van der Waals surface area contributed by atoms with Crippen LogP contribution in [0.2, 0.25) is 0 Å². The molecular formula is C28H40N2O7. The van der Waals surface area contributed by atoms with E-state index in [0.29, 0.717) is 23.8 Å². The number of aliphatic carboxylic acids is 1. The minimum atomic E-state index is -1.12. The highest BCUT2D eigenvalue weighted by atomic mass is 16.5. The van der Waals surface area contributed by atoms with E-state index in [9.17, 15) is 19.5 Å². The summed E-state index contributed by atoms with van der Waals surface area (Å²) in [5, 5.41) is 11.7. The molecule has 2 N–H and O–H groups in total. The van der Waals surface area contributed by atoms with Gasteiger partial charge in [0.15, 0.2) is 11.5 Å². The molecule has 0 spiro atoms. The zero-order valence-corrected chi connectivity index (χ0v) is 22.7. The quantitative estimate of drug-likeness (QED) is 0.359. The van der Waals surface area contributed by atoms with Gasteiger partial charge in [0.25, 0.3) is 0 Å². The summed E-state index contributed by atoms with van der Waals surface area (Å²) in [4.78, 5) is 38.7. The monoisotopic (exact) mass is 516 g/mol. The van der Waals surface area contributed by atoms with Gasteiger partial charge in [0.1, 0.15) is 12.1 Å². The van der Waals surface area contributed by atoms with Crippen molar-refractivity contribution in [2.24, 2.45) is 17.8 Å². The summed E-state index contributed by atoms with van der Waals surface area (Å²) < 4.78 is 17.0. The Morgan fingerprint density at radius 3 is 2.38 bits per heavy atom. The second kappa shape index (κ2) is 12.4. The number of piperidine rings is 1. The SMILES string of the molecule is COc1cc2c(cc1OC)[C@H]1C[C@@H](OC(=O)/C=C\C(=O)N[C@H](C(=O)O)C(C)C)[C@H](CC(C)C)CN1CC2. The van der Waals surface area contributed by atoms with E-state index in [0.717, 1.165) is 43.6 Å². The van der Waals surface area contributed by atoms with Crippen LogP contribution in [0.3, 0.4) is 0 Å². The van der Waals surface area contributed by atoms with Crippen LogP contribution in [0.15, 0.2) is 24.3 Å². The molecule has 1 saturated heterocycles. The van der Waals surface area contributed by atoms with Crippen molar-refractivity contribution in [1.82, 2.24) is 10.2 Å². The third-order valence-electron chi connectivity index (χ3n) is 7.21. The Hall–Kier alpha value is -3.07. The Labute approximate surface area is 219 Å². The lowest BCUT2D eigenvalue weighted by molar-refractivity contribution is -0.151. The van der Waals surface area contributed by atoms with Crippen molar-refractivity contribution in [2.75, 3.05) is 27.3 Å². The number of amides is 1. The van der Waals surface area contributed by atoms with Crippen LogP contribution in [0.25, 0.3) is 0 Å². The molecule has 2 aliphatic heterocycles. The fourth-order valence-electron chi connectivity index (χ4n) is 5.43. The number of fused-ring (bicyclic) bond motifs is 3. The van der Waals surface area contributed by atoms with E-state index < -0.39 is 23.9 Å². The summed E-state index contributed by atoms with van der Waals surface area (Å²) in [7, 11) is 3.25. The van der Waals surface area contributed by atoms with Crippen molar-refractivity contribution >= 4 is 17.8 Å². The van der Waals surface area contributed by atoms with Crippen LogP contribution in [-0.4, -0.2) is 67.3 Å². The summed E-state index contributed by atoms with van der Waals surface area (Å²) >= 11 is 0. The van der Waals surface area contributed by atoms with Gasteiger partial charge in [-0.05, 0) is 47.9 Å². The number of carbonyl (C=O) groups excluding carboxylic acids is 2. The first-order valence-electron chi connectivity index (χ1n) is 12.9. The van der Waals surface area contributed by atoms with Crippen molar-refractivity contribution in [3.05, 3.63) is 35.4 Å². The van der Waals surface area contributed by atoms with Crippen LogP contribution in [0.1, 0.15) is 57.7 Å². The number of benzene rings is 1. The molecule has 1 aromatic carbocycles. The summed E-state index contributed by atoms with van der Waals surface area (Å²) in [5.74, 6) is -0.676. The van der Waals surface area contributed by atoms with E-state index in [1.165, 1.54) is 5.56 Å². The molecule has 9 heteroatoms. The number of hydrogen-bond acceptors (Lipinski definition) is 7. The lowest BCUT2D eigenvalue weighted by atomic mass is 9.79. The highest BCUT2D eigenvalue weighted by molar-refractivity contribution is 5.96. The van der Waals surface area contributed by atoms with Gasteiger partial charge in [0.05, 0.1) is 14.2 Å². The molecule has 1 aromatic rings. The maximum Gasteiger partial charge on any atom is 0.331 e. The van der Waals surface area contributed by atoms with Gasteiger partial charge in [-0.3, -0.25) is 9.69 Å². The molecular weight excluding hydrogens is 476 g/mol. The topological polar surface area (TPSA) is 114 Å². The van der Waals surface area contributed by atoms with Crippen LogP contribution in [0.5, 0.6) is 11.5 Å². The highest BCUT2D eigenvalue weighted by Crippen LogP contribution is 2.44. The van der Waals surface area contributed by atoms with E-state index in [1.54, 1.807) is 28.1 Å². The molecule has 1 fully saturated rings. The molecule has 2 heterocycles. The fourth-order valence-corrected chi connectivity index (χ4v) is 5.43. The molecule has 37 heavy (non-hydrogen) atoms. The van der Waals surface area contributed by atoms with Gasteiger partial charge in [-0.2, -0.15) is 0 Å². The van der Waals surface area contributed by atoms with E-state index in [1.807, 2.05) is 12.1 Å². The Balaban J connectivity index is 1.76. The van der Waals surface area contributed by atoms with Crippen LogP contribution in [0, 0.1) is 17.8 Å². The first-order chi connectivity index (χ1) is 17.5. The smallest absolute Gasteiger partial charge is 0.331 e. The predicted octanol–water partition coefficient (Wildman–Crippen LogP) is 3.36. The van der Waals surface area contributed by atoms with Gasteiger partial charge in [0, 0.05) is 43.6 Å². The third kappa shape index (κ3) is 7.03. The van der Waals surface area contributed by atoms with Crippen molar-refractivity contribution in [1.29, 1.82) is 0 Å². The van der Waals surface area contributed by atoms with Gasteiger partial charge >= 0.3 is 11.9 Å². The number of ether oxygens (including phenoxy) is 3. The van der Waals surface area contributed by atoms with E-state index in [-0.39, 0.29) is 24.0 Å². The van der Waals surface area contributed by atoms with E-state index in [4.69, 9.17) is 14.2 Å². The number of hydrogen-bond donors (Lipinski definition) is 2. The number of carboxylic acid groups (broad SMARTS) is 1. The minimum absolute atomic E-state index is 0.0828. The molecule has 3 rings (SSSR count). The number of esters is 1. The number of carboxylic acids is 1. The summed E-state index contributed by atoms with van der Waals surface area (Å²) in [5.41, 5.74) is 2.37. The molecule has 204 valence electrons. The molecule has 0 aromatic heterocycles. The Bertz CT molecular complexity index is 1020. The zero-order chi connectivity index (χ0) is 27.3. The zero-order valence-electron chi connectivity index (χ0n) is 22.7. The molecule has 2 aliphatic rings. The predicted molar refractivity (Wildman–Crippen MR) is 139 cm³/mol. The van der Waals surface area contributed by atoms with Crippen molar-refractivity contribution < 1.29 is 33.7 Å². The first kappa shape index (κ1) is 28.5. The summed E-state index contributed by atoms with van der Waals surface area (Å²) in [6.07, 6.45) is 4.27. The molecule has 0 aliphatic carbocycles. The van der Waals surface area contributed by atoms with E-state index in [2.05, 4.69) is 24.1 Å². The van der Waals surface area contributed by atoms with Crippen molar-refractivity contribution in [2.45, 2.75) is 65.1 Å². The largest absolute Gasteiger partial charge is 0.493 e. The minimum Gasteiger partial charge on any atom is -0.493 e. The fraction of sp³-hybridized carbons (Fsp3) is 0.607. The Kier molecular flexibility index (Phi) is 9.59. The second-order valence-electron chi connectivity index (χ2n) is 10.7. The maximum absolute atomic E-state index is 12.7. The number of methoxy groups -OCH3 is 2. The van der Waals surface area contributed by atoms with Crippen LogP contribution in [0.4, 0.5) is 0 Å². The lowest BCUT2D eigenvalue weighted by Gasteiger charge is -2.47. The van der Waals surface area contributed by atoms with Gasteiger partial charge in [-0.25, -0.2) is 9.59 Å². The number of nitrogens with zero attached hydrogens (tertiary/aromatic N) is 1. The molecule has 0 radical (unpaired) electrons. The Morgan fingerprint density at radius 1 is 1.11 bits per heavy atom. The van der Waals surface area contributed by atoms with Crippen molar-refractivity contribution in [3.63, 3.8) is 0 Å². The normalized spacial score (nSPS) is 22.3. The summed E-state index contributed by atoms with van der Waals surface area (Å²) in [6.45, 7) is 9.45. The molecule has 0 unspecified atom stereocenters. The average Bonchev–Trinajstić information content (AvgIpc) is 2.84. The first-order valence-corrected chi connectivity index (χ1v) is 12.9.